The summed E-state index contributed by atoms with van der Waals surface area (Å²) in [5.41, 5.74) is 4.11. The number of unbranched alkanes of at least 4 members (excludes halogenated alkanes) is 2. The number of hydrogen-bond donors (Lipinski definition) is 2. The highest BCUT2D eigenvalue weighted by atomic mass is 19.1. The van der Waals surface area contributed by atoms with Crippen molar-refractivity contribution in [1.82, 2.24) is 9.88 Å². The minimum absolute atomic E-state index is 0.131. The molecule has 3 aromatic rings. The van der Waals surface area contributed by atoms with Crippen molar-refractivity contribution in [1.29, 1.82) is 0 Å². The molecule has 1 aliphatic carbocycles. The number of benzene rings is 2. The molecule has 1 aliphatic heterocycles. The Bertz CT molecular complexity index is 1410. The SMILES string of the molecule is CCCc1cc2c(Nc3ccc(NC(=O)C4(C(C)=O)CCC4)cc3F)ccnc2cc1CCCCCN1CCCCC1. The lowest BCUT2D eigenvalue weighted by Gasteiger charge is -2.37. The average Bonchev–Trinajstić information content (AvgIpc) is 2.94. The number of pyridine rings is 1. The van der Waals surface area contributed by atoms with Crippen LogP contribution in [0.2, 0.25) is 0 Å². The van der Waals surface area contributed by atoms with Crippen molar-refractivity contribution in [3.8, 4) is 0 Å². The van der Waals surface area contributed by atoms with Crippen LogP contribution in [0.4, 0.5) is 21.5 Å². The molecule has 5 rings (SSSR count). The third-order valence-electron chi connectivity index (χ3n) is 9.26. The summed E-state index contributed by atoms with van der Waals surface area (Å²) < 4.78 is 15.2. The highest BCUT2D eigenvalue weighted by Crippen LogP contribution is 2.43. The number of Topliss-reactive ketones (excluding diaryl/α,β-unsaturated/α-hetero) is 1. The second-order valence-electron chi connectivity index (χ2n) is 12.2. The molecule has 0 spiro atoms. The van der Waals surface area contributed by atoms with Crippen LogP contribution in [0.3, 0.4) is 0 Å². The van der Waals surface area contributed by atoms with Crippen molar-refractivity contribution in [3.63, 3.8) is 0 Å². The summed E-state index contributed by atoms with van der Waals surface area (Å²) in [6.45, 7) is 7.41. The highest BCUT2D eigenvalue weighted by molar-refractivity contribution is 6.11. The molecule has 1 amide bonds. The van der Waals surface area contributed by atoms with Crippen LogP contribution in [0.15, 0.2) is 42.6 Å². The number of nitrogens with one attached hydrogen (secondary N) is 2. The van der Waals surface area contributed by atoms with Gasteiger partial charge in [-0.3, -0.25) is 14.6 Å². The van der Waals surface area contributed by atoms with E-state index in [2.05, 4.69) is 39.6 Å². The van der Waals surface area contributed by atoms with Crippen LogP contribution in [0, 0.1) is 11.2 Å². The van der Waals surface area contributed by atoms with E-state index in [0.29, 0.717) is 24.2 Å². The van der Waals surface area contributed by atoms with Gasteiger partial charge >= 0.3 is 0 Å². The number of nitrogens with zero attached hydrogens (tertiary/aromatic N) is 2. The normalized spacial score (nSPS) is 16.6. The Morgan fingerprint density at radius 3 is 2.40 bits per heavy atom. The standard InChI is InChI=1S/C35H45FN4O2/c1-3-11-26-22-29-31(15-18-37-33(29)23-27(26)12-6-4-7-19-40-20-8-5-9-21-40)39-32-14-13-28(24-30(32)36)38-34(42)35(25(2)41)16-10-17-35/h13-15,18,22-24H,3-12,16-17,19-21H2,1-2H3,(H,37,39)(H,38,42). The summed E-state index contributed by atoms with van der Waals surface area (Å²) in [5.74, 6) is -0.950. The molecular formula is C35H45FN4O2. The third kappa shape index (κ3) is 6.83. The lowest BCUT2D eigenvalue weighted by molar-refractivity contribution is -0.143. The number of hydrogen-bond acceptors (Lipinski definition) is 5. The molecule has 2 heterocycles. The summed E-state index contributed by atoms with van der Waals surface area (Å²) in [5, 5.41) is 6.99. The molecule has 42 heavy (non-hydrogen) atoms. The molecular weight excluding hydrogens is 527 g/mol. The van der Waals surface area contributed by atoms with E-state index in [1.54, 1.807) is 18.3 Å². The van der Waals surface area contributed by atoms with Crippen molar-refractivity contribution in [2.45, 2.75) is 90.9 Å². The Morgan fingerprint density at radius 2 is 1.71 bits per heavy atom. The van der Waals surface area contributed by atoms with Gasteiger partial charge in [0.15, 0.2) is 0 Å². The molecule has 6 nitrogen and oxygen atoms in total. The molecule has 2 aromatic carbocycles. The van der Waals surface area contributed by atoms with E-state index in [9.17, 15) is 9.59 Å². The Morgan fingerprint density at radius 1 is 0.929 bits per heavy atom. The first-order chi connectivity index (χ1) is 20.4. The fourth-order valence-corrected chi connectivity index (χ4v) is 6.49. The number of halogens is 1. The summed E-state index contributed by atoms with van der Waals surface area (Å²) >= 11 is 0. The van der Waals surface area contributed by atoms with E-state index in [0.717, 1.165) is 42.3 Å². The van der Waals surface area contributed by atoms with Gasteiger partial charge in [0.1, 0.15) is 17.0 Å². The van der Waals surface area contributed by atoms with Gasteiger partial charge in [-0.15, -0.1) is 0 Å². The van der Waals surface area contributed by atoms with Gasteiger partial charge in [-0.1, -0.05) is 32.6 Å². The zero-order valence-corrected chi connectivity index (χ0v) is 25.2. The minimum Gasteiger partial charge on any atom is -0.353 e. The van der Waals surface area contributed by atoms with E-state index < -0.39 is 11.2 Å². The number of amides is 1. The topological polar surface area (TPSA) is 74.3 Å². The lowest BCUT2D eigenvalue weighted by Crippen LogP contribution is -2.47. The van der Waals surface area contributed by atoms with Gasteiger partial charge in [-0.2, -0.15) is 0 Å². The number of fused-ring (bicyclic) bond motifs is 1. The van der Waals surface area contributed by atoms with Crippen LogP contribution in [-0.2, 0) is 22.4 Å². The van der Waals surface area contributed by atoms with Gasteiger partial charge in [0, 0.05) is 23.0 Å². The number of carbonyl (C=O) groups is 2. The first kappa shape index (κ1) is 30.1. The fraction of sp³-hybridized carbons (Fsp3) is 0.514. The van der Waals surface area contributed by atoms with E-state index in [1.165, 1.54) is 82.3 Å². The van der Waals surface area contributed by atoms with Crippen molar-refractivity contribution < 1.29 is 14.0 Å². The monoisotopic (exact) mass is 572 g/mol. The molecule has 2 fully saturated rings. The maximum atomic E-state index is 15.2. The van der Waals surface area contributed by atoms with Crippen LogP contribution in [-0.4, -0.2) is 41.2 Å². The van der Waals surface area contributed by atoms with Crippen molar-refractivity contribution in [3.05, 3.63) is 59.5 Å². The molecule has 1 saturated carbocycles. The quantitative estimate of drug-likeness (QED) is 0.161. The number of anilines is 3. The summed E-state index contributed by atoms with van der Waals surface area (Å²) in [6.07, 6.45) is 14.6. The van der Waals surface area contributed by atoms with Crippen LogP contribution in [0.5, 0.6) is 0 Å². The summed E-state index contributed by atoms with van der Waals surface area (Å²) in [6, 6.07) is 10.9. The molecule has 1 saturated heterocycles. The van der Waals surface area contributed by atoms with Gasteiger partial charge in [0.2, 0.25) is 5.91 Å². The molecule has 0 bridgehead atoms. The van der Waals surface area contributed by atoms with Crippen molar-refractivity contribution in [2.75, 3.05) is 30.3 Å². The second kappa shape index (κ2) is 13.8. The van der Waals surface area contributed by atoms with Gasteiger partial charge < -0.3 is 15.5 Å². The van der Waals surface area contributed by atoms with Crippen molar-refractivity contribution >= 4 is 39.7 Å². The van der Waals surface area contributed by atoms with Gasteiger partial charge in [0.25, 0.3) is 0 Å². The molecule has 0 atom stereocenters. The summed E-state index contributed by atoms with van der Waals surface area (Å²) in [7, 11) is 0. The zero-order valence-electron chi connectivity index (χ0n) is 25.2. The number of carbonyl (C=O) groups excluding carboxylic acids is 2. The van der Waals surface area contributed by atoms with Crippen LogP contribution >= 0.6 is 0 Å². The number of piperidine rings is 1. The predicted molar refractivity (Wildman–Crippen MR) is 169 cm³/mol. The van der Waals surface area contributed by atoms with E-state index >= 15 is 4.39 Å². The Balaban J connectivity index is 1.26. The predicted octanol–water partition coefficient (Wildman–Crippen LogP) is 7.97. The maximum Gasteiger partial charge on any atom is 0.238 e. The number of aromatic nitrogens is 1. The first-order valence-electron chi connectivity index (χ1n) is 15.9. The highest BCUT2D eigenvalue weighted by Gasteiger charge is 2.48. The minimum atomic E-state index is -0.967. The number of ketones is 1. The fourth-order valence-electron chi connectivity index (χ4n) is 6.49. The smallest absolute Gasteiger partial charge is 0.238 e. The number of likely N-dealkylation sites (tertiary alicyclic amines) is 1. The van der Waals surface area contributed by atoms with Crippen LogP contribution in [0.25, 0.3) is 10.9 Å². The first-order valence-corrected chi connectivity index (χ1v) is 15.9. The maximum absolute atomic E-state index is 15.2. The Kier molecular flexibility index (Phi) is 9.88. The number of aryl methyl sites for hydroxylation is 2. The molecule has 0 radical (unpaired) electrons. The Hall–Kier alpha value is -3.32. The van der Waals surface area contributed by atoms with E-state index in [4.69, 9.17) is 0 Å². The molecule has 1 aromatic heterocycles. The molecule has 7 heteroatoms. The third-order valence-corrected chi connectivity index (χ3v) is 9.26. The molecule has 2 N–H and O–H groups in total. The van der Waals surface area contributed by atoms with Gasteiger partial charge in [-0.05, 0) is 125 Å². The van der Waals surface area contributed by atoms with Gasteiger partial charge in [0.05, 0.1) is 11.2 Å². The van der Waals surface area contributed by atoms with Gasteiger partial charge in [-0.25, -0.2) is 4.39 Å². The zero-order chi connectivity index (χ0) is 29.5. The molecule has 0 unspecified atom stereocenters. The molecule has 2 aliphatic rings. The largest absolute Gasteiger partial charge is 0.353 e. The molecule has 224 valence electrons. The number of rotatable bonds is 13. The van der Waals surface area contributed by atoms with Crippen LogP contribution in [0.1, 0.15) is 89.2 Å². The summed E-state index contributed by atoms with van der Waals surface area (Å²) in [4.78, 5) is 32.1. The van der Waals surface area contributed by atoms with E-state index in [-0.39, 0.29) is 11.7 Å². The average molecular weight is 573 g/mol. The Labute approximate surface area is 249 Å². The lowest BCUT2D eigenvalue weighted by atomic mass is 9.65. The van der Waals surface area contributed by atoms with Crippen molar-refractivity contribution in [2.24, 2.45) is 5.41 Å². The van der Waals surface area contributed by atoms with E-state index in [1.807, 2.05) is 6.07 Å². The van der Waals surface area contributed by atoms with Crippen LogP contribution < -0.4 is 10.6 Å². The second-order valence-corrected chi connectivity index (χ2v) is 12.2.